The lowest BCUT2D eigenvalue weighted by Gasteiger charge is -2.19. The summed E-state index contributed by atoms with van der Waals surface area (Å²) < 4.78 is 0. The van der Waals surface area contributed by atoms with Crippen molar-refractivity contribution in [1.82, 2.24) is 0 Å². The van der Waals surface area contributed by atoms with Gasteiger partial charge >= 0.3 is 0 Å². The van der Waals surface area contributed by atoms with E-state index in [1.165, 1.54) is 4.88 Å². The molecule has 0 saturated carbocycles. The third kappa shape index (κ3) is 3.39. The Labute approximate surface area is 239 Å². The Kier molecular flexibility index (Phi) is 5.48. The summed E-state index contributed by atoms with van der Waals surface area (Å²) in [5, 5.41) is 43.9. The van der Waals surface area contributed by atoms with Crippen LogP contribution in [-0.4, -0.2) is 0 Å². The minimum atomic E-state index is 0.0444. The van der Waals surface area contributed by atoms with Crippen molar-refractivity contribution in [2.75, 3.05) is 0 Å². The van der Waals surface area contributed by atoms with E-state index in [1.807, 2.05) is 23.6 Å². The van der Waals surface area contributed by atoms with Crippen molar-refractivity contribution in [2.24, 2.45) is 0 Å². The van der Waals surface area contributed by atoms with Crippen LogP contribution in [0.3, 0.4) is 0 Å². The number of benzene rings is 2. The van der Waals surface area contributed by atoms with Crippen molar-refractivity contribution in [1.29, 1.82) is 21.0 Å². The fourth-order valence-corrected chi connectivity index (χ4v) is 7.61. The SMILES string of the molecule is N#CC(C#N)=C1C2=C(C=CC(c3cccs3)C2)c2cc3c(cc21)C(=C(C#N)C#N)c1cc(-c2cccs2)ccc1-3. The molecule has 1 unspecified atom stereocenters. The van der Waals surface area contributed by atoms with Crippen LogP contribution < -0.4 is 0 Å². The highest BCUT2D eigenvalue weighted by Gasteiger charge is 2.36. The molecule has 1 atom stereocenters. The molecule has 0 fully saturated rings. The highest BCUT2D eigenvalue weighted by molar-refractivity contribution is 7.13. The number of nitrogens with zero attached hydrogens (tertiary/aromatic N) is 4. The Balaban J connectivity index is 1.48. The molecule has 0 saturated heterocycles. The van der Waals surface area contributed by atoms with E-state index in [2.05, 4.69) is 78.2 Å². The van der Waals surface area contributed by atoms with Crippen LogP contribution in [0, 0.1) is 45.3 Å². The van der Waals surface area contributed by atoms with Gasteiger partial charge in [0.15, 0.2) is 0 Å². The summed E-state index contributed by atoms with van der Waals surface area (Å²) in [6.45, 7) is 0. The Morgan fingerprint density at radius 2 is 1.35 bits per heavy atom. The molecule has 0 bridgehead atoms. The molecule has 3 aliphatic carbocycles. The van der Waals surface area contributed by atoms with E-state index in [9.17, 15) is 21.0 Å². The van der Waals surface area contributed by atoms with Gasteiger partial charge in [-0.05, 0) is 97.6 Å². The van der Waals surface area contributed by atoms with Gasteiger partial charge in [0, 0.05) is 26.8 Å². The van der Waals surface area contributed by atoms with Crippen LogP contribution in [-0.2, 0) is 0 Å². The summed E-state index contributed by atoms with van der Waals surface area (Å²) in [7, 11) is 0. The molecule has 184 valence electrons. The molecule has 4 nitrogen and oxygen atoms in total. The molecule has 4 aromatic rings. The molecular weight excluding hydrogens is 529 g/mol. The summed E-state index contributed by atoms with van der Waals surface area (Å²) in [6, 6.07) is 27.0. The second-order valence-electron chi connectivity index (χ2n) is 9.71. The summed E-state index contributed by atoms with van der Waals surface area (Å²) in [6.07, 6.45) is 5.02. The average molecular weight is 545 g/mol. The number of thiophene rings is 2. The zero-order chi connectivity index (χ0) is 27.4. The number of nitriles is 4. The standard InChI is InChI=1S/C34H16N4S2/c35-15-21(16-36)33-27-11-19(31-3-1-9-39-31)5-7-23(27)25-13-26-24-8-6-20(32-4-2-10-40-32)12-28(24)34(22(17-37)18-38)30(26)14-29(25)33/h1-11,13-14,20H,12H2. The first-order valence-electron chi connectivity index (χ1n) is 12.6. The van der Waals surface area contributed by atoms with Crippen LogP contribution in [0.25, 0.3) is 38.3 Å². The van der Waals surface area contributed by atoms with Crippen LogP contribution in [0.1, 0.15) is 39.5 Å². The van der Waals surface area contributed by atoms with Gasteiger partial charge in [-0.3, -0.25) is 0 Å². The molecule has 3 aliphatic rings. The topological polar surface area (TPSA) is 95.2 Å². The molecule has 6 heteroatoms. The Morgan fingerprint density at radius 3 is 2.05 bits per heavy atom. The molecular formula is C34H16N4S2. The molecule has 0 radical (unpaired) electrons. The van der Waals surface area contributed by atoms with Gasteiger partial charge in [-0.25, -0.2) is 0 Å². The maximum atomic E-state index is 9.96. The number of rotatable bonds is 2. The minimum absolute atomic E-state index is 0.0444. The van der Waals surface area contributed by atoms with Gasteiger partial charge in [0.25, 0.3) is 0 Å². The first-order chi connectivity index (χ1) is 19.7. The molecule has 0 spiro atoms. The van der Waals surface area contributed by atoms with E-state index >= 15 is 0 Å². The van der Waals surface area contributed by atoms with Gasteiger partial charge in [0.05, 0.1) is 0 Å². The lowest BCUT2D eigenvalue weighted by Crippen LogP contribution is -2.01. The molecule has 0 amide bonds. The van der Waals surface area contributed by atoms with E-state index in [1.54, 1.807) is 22.7 Å². The summed E-state index contributed by atoms with van der Waals surface area (Å²) >= 11 is 3.34. The summed E-state index contributed by atoms with van der Waals surface area (Å²) in [4.78, 5) is 2.35. The van der Waals surface area contributed by atoms with Gasteiger partial charge in [-0.15, -0.1) is 22.7 Å². The van der Waals surface area contributed by atoms with Crippen molar-refractivity contribution in [3.8, 4) is 45.8 Å². The van der Waals surface area contributed by atoms with Crippen molar-refractivity contribution in [3.05, 3.63) is 121 Å². The van der Waals surface area contributed by atoms with E-state index in [4.69, 9.17) is 0 Å². The largest absolute Gasteiger partial charge is 0.192 e. The molecule has 0 N–H and O–H groups in total. The van der Waals surface area contributed by atoms with Gasteiger partial charge in [-0.1, -0.05) is 36.4 Å². The maximum Gasteiger partial charge on any atom is 0.138 e. The molecule has 2 aromatic carbocycles. The summed E-state index contributed by atoms with van der Waals surface area (Å²) in [5.41, 5.74) is 9.74. The number of fused-ring (bicyclic) bond motifs is 5. The van der Waals surface area contributed by atoms with Gasteiger partial charge in [0.1, 0.15) is 35.4 Å². The van der Waals surface area contributed by atoms with Gasteiger partial charge < -0.3 is 0 Å². The van der Waals surface area contributed by atoms with E-state index in [0.717, 1.165) is 55.0 Å². The second-order valence-corrected chi connectivity index (χ2v) is 11.6. The molecule has 0 aliphatic heterocycles. The Morgan fingerprint density at radius 1 is 0.675 bits per heavy atom. The Bertz CT molecular complexity index is 2020. The lowest BCUT2D eigenvalue weighted by molar-refractivity contribution is 0.856. The van der Waals surface area contributed by atoms with Crippen molar-refractivity contribution in [3.63, 3.8) is 0 Å². The van der Waals surface area contributed by atoms with E-state index in [0.29, 0.717) is 17.6 Å². The minimum Gasteiger partial charge on any atom is -0.192 e. The van der Waals surface area contributed by atoms with E-state index < -0.39 is 0 Å². The normalized spacial score (nSPS) is 15.8. The van der Waals surface area contributed by atoms with Gasteiger partial charge in [0.2, 0.25) is 0 Å². The third-order valence-electron chi connectivity index (χ3n) is 7.77. The monoisotopic (exact) mass is 544 g/mol. The van der Waals surface area contributed by atoms with Gasteiger partial charge in [-0.2, -0.15) is 21.0 Å². The van der Waals surface area contributed by atoms with Crippen LogP contribution in [0.4, 0.5) is 0 Å². The quantitative estimate of drug-likeness (QED) is 0.208. The van der Waals surface area contributed by atoms with Crippen molar-refractivity contribution < 1.29 is 0 Å². The van der Waals surface area contributed by atoms with E-state index in [-0.39, 0.29) is 17.1 Å². The van der Waals surface area contributed by atoms with Crippen molar-refractivity contribution >= 4 is 39.4 Å². The first kappa shape index (κ1) is 23.8. The first-order valence-corrected chi connectivity index (χ1v) is 14.3. The zero-order valence-electron chi connectivity index (χ0n) is 20.9. The lowest BCUT2D eigenvalue weighted by atomic mass is 9.86. The highest BCUT2D eigenvalue weighted by atomic mass is 32.1. The predicted molar refractivity (Wildman–Crippen MR) is 158 cm³/mol. The van der Waals surface area contributed by atoms with Crippen LogP contribution >= 0.6 is 22.7 Å². The average Bonchev–Trinajstić information content (AvgIpc) is 3.80. The van der Waals surface area contributed by atoms with Crippen molar-refractivity contribution in [2.45, 2.75) is 12.3 Å². The molecule has 7 rings (SSSR count). The highest BCUT2D eigenvalue weighted by Crippen LogP contribution is 2.55. The molecule has 40 heavy (non-hydrogen) atoms. The van der Waals surface area contributed by atoms with Crippen LogP contribution in [0.5, 0.6) is 0 Å². The summed E-state index contributed by atoms with van der Waals surface area (Å²) in [5.74, 6) is 0.171. The fourth-order valence-electron chi connectivity index (χ4n) is 6.07. The number of allylic oxidation sites excluding steroid dienone is 7. The molecule has 2 heterocycles. The third-order valence-corrected chi connectivity index (χ3v) is 9.70. The Hall–Kier alpha value is -5.24. The zero-order valence-corrected chi connectivity index (χ0v) is 22.5. The predicted octanol–water partition coefficient (Wildman–Crippen LogP) is 8.62. The van der Waals surface area contributed by atoms with Crippen LogP contribution in [0.15, 0.2) is 94.2 Å². The fraction of sp³-hybridized carbons (Fsp3) is 0.0588. The smallest absolute Gasteiger partial charge is 0.138 e. The second kappa shape index (κ2) is 9.20. The number of hydrogen-bond donors (Lipinski definition) is 0. The molecule has 2 aromatic heterocycles. The maximum absolute atomic E-state index is 9.96. The van der Waals surface area contributed by atoms with Crippen LogP contribution in [0.2, 0.25) is 0 Å². The number of hydrogen-bond acceptors (Lipinski definition) is 6.